The molecule has 0 spiro atoms. The Morgan fingerprint density at radius 2 is 2.00 bits per heavy atom. The largest absolute Gasteiger partial charge is 0.299 e. The van der Waals surface area contributed by atoms with Crippen molar-refractivity contribution < 1.29 is 4.79 Å². The van der Waals surface area contributed by atoms with Crippen molar-refractivity contribution in [3.8, 4) is 0 Å². The zero-order valence-electron chi connectivity index (χ0n) is 9.46. The maximum atomic E-state index is 11.7. The van der Waals surface area contributed by atoms with Crippen LogP contribution < -0.4 is 0 Å². The first-order valence-electron chi connectivity index (χ1n) is 5.55. The molecule has 3 heteroatoms. The molecule has 0 aliphatic rings. The molecule has 2 rings (SSSR count). The Kier molecular flexibility index (Phi) is 4.83. The molecule has 0 N–H and O–H groups in total. The normalized spacial score (nSPS) is 10.4. The average molecular weight is 262 g/mol. The minimum Gasteiger partial charge on any atom is -0.299 e. The zero-order chi connectivity index (χ0) is 11.9. The molecule has 0 fully saturated rings. The predicted molar refractivity (Wildman–Crippen MR) is 74.8 cm³/mol. The number of ketones is 1. The van der Waals surface area contributed by atoms with E-state index in [0.29, 0.717) is 18.0 Å². The lowest BCUT2D eigenvalue weighted by atomic mass is 10.1. The fourth-order valence-electron chi connectivity index (χ4n) is 1.47. The summed E-state index contributed by atoms with van der Waals surface area (Å²) in [5, 5.41) is 4.16. The molecule has 0 unspecified atom stereocenters. The monoisotopic (exact) mass is 262 g/mol. The van der Waals surface area contributed by atoms with Crippen LogP contribution in [0.15, 0.2) is 52.1 Å². The van der Waals surface area contributed by atoms with E-state index in [9.17, 15) is 4.79 Å². The van der Waals surface area contributed by atoms with Crippen LogP contribution in [0, 0.1) is 0 Å². The molecular weight excluding hydrogens is 248 g/mol. The first kappa shape index (κ1) is 12.4. The van der Waals surface area contributed by atoms with Crippen molar-refractivity contribution in [2.75, 3.05) is 5.75 Å². The summed E-state index contributed by atoms with van der Waals surface area (Å²) in [6, 6.07) is 12.1. The third-order valence-electron chi connectivity index (χ3n) is 2.42. The van der Waals surface area contributed by atoms with Gasteiger partial charge in [0.25, 0.3) is 0 Å². The van der Waals surface area contributed by atoms with Gasteiger partial charge >= 0.3 is 0 Å². The molecule has 88 valence electrons. The third-order valence-corrected chi connectivity index (χ3v) is 4.22. The standard InChI is InChI=1S/C14H14OS2/c15-13(7-6-12-8-9-16-10-12)11-17-14-4-2-1-3-5-14/h1-5,8-10H,6-7,11H2. The van der Waals surface area contributed by atoms with E-state index in [-0.39, 0.29) is 0 Å². The van der Waals surface area contributed by atoms with E-state index in [1.165, 1.54) is 5.56 Å². The molecule has 0 bridgehead atoms. The highest BCUT2D eigenvalue weighted by molar-refractivity contribution is 8.00. The summed E-state index contributed by atoms with van der Waals surface area (Å²) >= 11 is 3.30. The van der Waals surface area contributed by atoms with Gasteiger partial charge in [-0.3, -0.25) is 4.79 Å². The second-order valence-corrected chi connectivity index (χ2v) is 5.60. The van der Waals surface area contributed by atoms with Gasteiger partial charge in [0.15, 0.2) is 0 Å². The van der Waals surface area contributed by atoms with Crippen molar-refractivity contribution in [3.05, 3.63) is 52.7 Å². The lowest BCUT2D eigenvalue weighted by Crippen LogP contribution is -2.02. The number of benzene rings is 1. The van der Waals surface area contributed by atoms with Gasteiger partial charge in [-0.2, -0.15) is 11.3 Å². The predicted octanol–water partition coefficient (Wildman–Crippen LogP) is 4.04. The minimum atomic E-state index is 0.324. The molecule has 0 saturated heterocycles. The Morgan fingerprint density at radius 1 is 1.18 bits per heavy atom. The van der Waals surface area contributed by atoms with Crippen LogP contribution in [-0.4, -0.2) is 11.5 Å². The van der Waals surface area contributed by atoms with Gasteiger partial charge in [-0.05, 0) is 40.9 Å². The van der Waals surface area contributed by atoms with E-state index in [2.05, 4.69) is 16.8 Å². The summed E-state index contributed by atoms with van der Waals surface area (Å²) in [6.07, 6.45) is 1.52. The van der Waals surface area contributed by atoms with Gasteiger partial charge in [0.05, 0.1) is 5.75 Å². The number of aryl methyl sites for hydroxylation is 1. The van der Waals surface area contributed by atoms with Crippen LogP contribution in [0.4, 0.5) is 0 Å². The second kappa shape index (κ2) is 6.62. The van der Waals surface area contributed by atoms with E-state index in [0.717, 1.165) is 11.3 Å². The highest BCUT2D eigenvalue weighted by Crippen LogP contribution is 2.18. The molecule has 0 aliphatic heterocycles. The maximum absolute atomic E-state index is 11.7. The fourth-order valence-corrected chi connectivity index (χ4v) is 3.00. The first-order chi connectivity index (χ1) is 8.34. The van der Waals surface area contributed by atoms with Gasteiger partial charge < -0.3 is 0 Å². The zero-order valence-corrected chi connectivity index (χ0v) is 11.1. The maximum Gasteiger partial charge on any atom is 0.143 e. The Hall–Kier alpha value is -1.06. The molecular formula is C14H14OS2. The van der Waals surface area contributed by atoms with Gasteiger partial charge in [-0.25, -0.2) is 0 Å². The summed E-state index contributed by atoms with van der Waals surface area (Å²) in [7, 11) is 0. The Morgan fingerprint density at radius 3 is 2.71 bits per heavy atom. The van der Waals surface area contributed by atoms with Gasteiger partial charge in [-0.15, -0.1) is 11.8 Å². The Balaban J connectivity index is 1.71. The van der Waals surface area contributed by atoms with Crippen LogP contribution in [0.5, 0.6) is 0 Å². The fraction of sp³-hybridized carbons (Fsp3) is 0.214. The molecule has 2 aromatic rings. The van der Waals surface area contributed by atoms with Gasteiger partial charge in [0, 0.05) is 11.3 Å². The van der Waals surface area contributed by atoms with Crippen molar-refractivity contribution in [1.82, 2.24) is 0 Å². The number of Topliss-reactive ketones (excluding diaryl/α,β-unsaturated/α-hetero) is 1. The van der Waals surface area contributed by atoms with Crippen molar-refractivity contribution in [2.45, 2.75) is 17.7 Å². The van der Waals surface area contributed by atoms with E-state index in [1.807, 2.05) is 30.3 Å². The van der Waals surface area contributed by atoms with Gasteiger partial charge in [0.2, 0.25) is 0 Å². The molecule has 1 aromatic heterocycles. The van der Waals surface area contributed by atoms with Gasteiger partial charge in [-0.1, -0.05) is 18.2 Å². The molecule has 1 heterocycles. The van der Waals surface area contributed by atoms with Crippen LogP contribution in [-0.2, 0) is 11.2 Å². The van der Waals surface area contributed by atoms with Crippen LogP contribution in [0.2, 0.25) is 0 Å². The molecule has 0 radical (unpaired) electrons. The average Bonchev–Trinajstić information content (AvgIpc) is 2.88. The Bertz CT molecular complexity index is 448. The van der Waals surface area contributed by atoms with Crippen molar-refractivity contribution in [1.29, 1.82) is 0 Å². The lowest BCUT2D eigenvalue weighted by Gasteiger charge is -2.00. The van der Waals surface area contributed by atoms with Crippen LogP contribution >= 0.6 is 23.1 Å². The highest BCUT2D eigenvalue weighted by Gasteiger charge is 2.04. The topological polar surface area (TPSA) is 17.1 Å². The van der Waals surface area contributed by atoms with E-state index in [4.69, 9.17) is 0 Å². The Labute approximate surface area is 110 Å². The van der Waals surface area contributed by atoms with E-state index >= 15 is 0 Å². The second-order valence-electron chi connectivity index (χ2n) is 3.77. The van der Waals surface area contributed by atoms with Gasteiger partial charge in [0.1, 0.15) is 5.78 Å². The third kappa shape index (κ3) is 4.36. The number of carbonyl (C=O) groups is 1. The molecule has 0 atom stereocenters. The molecule has 0 amide bonds. The molecule has 17 heavy (non-hydrogen) atoms. The number of carbonyl (C=O) groups excluding carboxylic acids is 1. The number of thiophene rings is 1. The summed E-state index contributed by atoms with van der Waals surface area (Å²) in [5.74, 6) is 0.902. The van der Waals surface area contributed by atoms with Crippen molar-refractivity contribution >= 4 is 28.9 Å². The SMILES string of the molecule is O=C(CCc1ccsc1)CSc1ccccc1. The van der Waals surface area contributed by atoms with Crippen molar-refractivity contribution in [2.24, 2.45) is 0 Å². The summed E-state index contributed by atoms with van der Waals surface area (Å²) in [4.78, 5) is 12.9. The quantitative estimate of drug-likeness (QED) is 0.731. The summed E-state index contributed by atoms with van der Waals surface area (Å²) in [5.41, 5.74) is 1.27. The minimum absolute atomic E-state index is 0.324. The van der Waals surface area contributed by atoms with E-state index in [1.54, 1.807) is 23.1 Å². The van der Waals surface area contributed by atoms with Crippen molar-refractivity contribution in [3.63, 3.8) is 0 Å². The number of hydrogen-bond acceptors (Lipinski definition) is 3. The summed E-state index contributed by atoms with van der Waals surface area (Å²) < 4.78 is 0. The number of thioether (sulfide) groups is 1. The van der Waals surface area contributed by atoms with Crippen LogP contribution in [0.1, 0.15) is 12.0 Å². The molecule has 0 aliphatic carbocycles. The highest BCUT2D eigenvalue weighted by atomic mass is 32.2. The summed E-state index contributed by atoms with van der Waals surface area (Å²) in [6.45, 7) is 0. The first-order valence-corrected chi connectivity index (χ1v) is 7.48. The number of rotatable bonds is 6. The lowest BCUT2D eigenvalue weighted by molar-refractivity contribution is -0.116. The number of hydrogen-bond donors (Lipinski definition) is 0. The molecule has 1 nitrogen and oxygen atoms in total. The molecule has 0 saturated carbocycles. The van der Waals surface area contributed by atoms with Crippen LogP contribution in [0.25, 0.3) is 0 Å². The smallest absolute Gasteiger partial charge is 0.143 e. The van der Waals surface area contributed by atoms with Crippen LogP contribution in [0.3, 0.4) is 0 Å². The molecule has 1 aromatic carbocycles. The van der Waals surface area contributed by atoms with E-state index < -0.39 is 0 Å².